The zero-order valence-corrected chi connectivity index (χ0v) is 10.9. The average molecular weight is 268 g/mol. The molecule has 0 atom stereocenters. The minimum atomic E-state index is 0.699. The Morgan fingerprint density at radius 3 is 2.42 bits per heavy atom. The van der Waals surface area contributed by atoms with Gasteiger partial charge in [-0.2, -0.15) is 0 Å². The van der Waals surface area contributed by atoms with E-state index in [4.69, 9.17) is 10.5 Å². The van der Waals surface area contributed by atoms with Gasteiger partial charge in [-0.3, -0.25) is 0 Å². The summed E-state index contributed by atoms with van der Waals surface area (Å²) < 4.78 is 5.90. The number of nitrogen functional groups attached to an aromatic ring is 1. The van der Waals surface area contributed by atoms with Crippen molar-refractivity contribution in [2.24, 2.45) is 0 Å². The van der Waals surface area contributed by atoms with Crippen molar-refractivity contribution in [3.05, 3.63) is 60.8 Å². The van der Waals surface area contributed by atoms with Crippen molar-refractivity contribution in [2.75, 3.05) is 5.73 Å². The second-order valence-corrected chi connectivity index (χ2v) is 5.04. The molecule has 3 rings (SSSR count). The molecule has 3 aromatic rings. The molecular formula is C15H12N2OS. The third kappa shape index (κ3) is 2.58. The number of nitrogens with zero attached hydrogens (tertiary/aromatic N) is 1. The van der Waals surface area contributed by atoms with Crippen molar-refractivity contribution >= 4 is 16.3 Å². The molecule has 0 fully saturated rings. The Hall–Kier alpha value is -2.33. The van der Waals surface area contributed by atoms with Crippen LogP contribution in [0.5, 0.6) is 11.5 Å². The van der Waals surface area contributed by atoms with Gasteiger partial charge in [-0.1, -0.05) is 41.7 Å². The van der Waals surface area contributed by atoms with E-state index in [2.05, 4.69) is 4.98 Å². The van der Waals surface area contributed by atoms with Gasteiger partial charge < -0.3 is 10.5 Å². The smallest absolute Gasteiger partial charge is 0.137 e. The van der Waals surface area contributed by atoms with Gasteiger partial charge in [0.2, 0.25) is 0 Å². The first kappa shape index (κ1) is 11.7. The molecule has 0 saturated carbocycles. The molecular weight excluding hydrogens is 256 g/mol. The SMILES string of the molecule is Nc1cnc(-c2ccccc2Oc2ccccc2)s1. The van der Waals surface area contributed by atoms with Crippen LogP contribution in [0.25, 0.3) is 10.6 Å². The highest BCUT2D eigenvalue weighted by Crippen LogP contribution is 2.35. The summed E-state index contributed by atoms with van der Waals surface area (Å²) in [5, 5.41) is 1.56. The van der Waals surface area contributed by atoms with Gasteiger partial charge in [-0.05, 0) is 24.3 Å². The number of ether oxygens (including phenoxy) is 1. The first-order chi connectivity index (χ1) is 9.33. The van der Waals surface area contributed by atoms with E-state index >= 15 is 0 Å². The molecule has 0 amide bonds. The molecule has 94 valence electrons. The number of rotatable bonds is 3. The molecule has 2 N–H and O–H groups in total. The van der Waals surface area contributed by atoms with Crippen molar-refractivity contribution in [3.8, 4) is 22.1 Å². The second-order valence-electron chi connectivity index (χ2n) is 3.98. The van der Waals surface area contributed by atoms with Crippen molar-refractivity contribution in [3.63, 3.8) is 0 Å². The van der Waals surface area contributed by atoms with Crippen molar-refractivity contribution < 1.29 is 4.74 Å². The van der Waals surface area contributed by atoms with Gasteiger partial charge in [0.15, 0.2) is 0 Å². The number of aromatic nitrogens is 1. The van der Waals surface area contributed by atoms with E-state index in [1.807, 2.05) is 54.6 Å². The van der Waals surface area contributed by atoms with E-state index in [0.717, 1.165) is 22.1 Å². The number of para-hydroxylation sites is 2. The molecule has 2 aromatic carbocycles. The molecule has 4 heteroatoms. The number of anilines is 1. The Kier molecular flexibility index (Phi) is 3.16. The lowest BCUT2D eigenvalue weighted by Crippen LogP contribution is -1.87. The van der Waals surface area contributed by atoms with Gasteiger partial charge in [0.1, 0.15) is 21.5 Å². The molecule has 0 bridgehead atoms. The first-order valence-electron chi connectivity index (χ1n) is 5.86. The molecule has 0 aliphatic rings. The number of hydrogen-bond acceptors (Lipinski definition) is 4. The molecule has 3 nitrogen and oxygen atoms in total. The Morgan fingerprint density at radius 2 is 1.68 bits per heavy atom. The third-order valence-corrected chi connectivity index (χ3v) is 3.47. The van der Waals surface area contributed by atoms with Crippen LogP contribution >= 0.6 is 11.3 Å². The van der Waals surface area contributed by atoms with Gasteiger partial charge >= 0.3 is 0 Å². The highest BCUT2D eigenvalue weighted by atomic mass is 32.1. The molecule has 1 aromatic heterocycles. The summed E-state index contributed by atoms with van der Waals surface area (Å²) in [5.41, 5.74) is 6.69. The van der Waals surface area contributed by atoms with Crippen LogP contribution in [-0.4, -0.2) is 4.98 Å². The zero-order valence-electron chi connectivity index (χ0n) is 10.1. The van der Waals surface area contributed by atoms with Crippen LogP contribution in [0.15, 0.2) is 60.8 Å². The summed E-state index contributed by atoms with van der Waals surface area (Å²) in [4.78, 5) is 4.30. The van der Waals surface area contributed by atoms with Gasteiger partial charge in [-0.15, -0.1) is 0 Å². The van der Waals surface area contributed by atoms with Gasteiger partial charge in [0, 0.05) is 0 Å². The highest BCUT2D eigenvalue weighted by molar-refractivity contribution is 7.18. The van der Waals surface area contributed by atoms with E-state index in [9.17, 15) is 0 Å². The molecule has 0 aliphatic carbocycles. The van der Waals surface area contributed by atoms with Crippen molar-refractivity contribution in [1.82, 2.24) is 4.98 Å². The molecule has 0 spiro atoms. The Balaban J connectivity index is 1.98. The monoisotopic (exact) mass is 268 g/mol. The maximum Gasteiger partial charge on any atom is 0.137 e. The number of thiazole rings is 1. The summed E-state index contributed by atoms with van der Waals surface area (Å²) in [6.45, 7) is 0. The summed E-state index contributed by atoms with van der Waals surface area (Å²) in [5.74, 6) is 1.59. The quantitative estimate of drug-likeness (QED) is 0.775. The lowest BCUT2D eigenvalue weighted by molar-refractivity contribution is 0.484. The maximum absolute atomic E-state index is 5.90. The largest absolute Gasteiger partial charge is 0.457 e. The van der Waals surface area contributed by atoms with Crippen LogP contribution in [0.4, 0.5) is 5.00 Å². The Labute approximate surface area is 115 Å². The maximum atomic E-state index is 5.90. The van der Waals surface area contributed by atoms with Gasteiger partial charge in [0.25, 0.3) is 0 Å². The predicted molar refractivity (Wildman–Crippen MR) is 78.5 cm³/mol. The van der Waals surface area contributed by atoms with E-state index in [0.29, 0.717) is 5.00 Å². The molecule has 0 aliphatic heterocycles. The standard InChI is InChI=1S/C15H12N2OS/c16-14-10-17-15(19-14)12-8-4-5-9-13(12)18-11-6-2-1-3-7-11/h1-10H,16H2. The van der Waals surface area contributed by atoms with Gasteiger partial charge in [-0.25, -0.2) is 4.98 Å². The summed E-state index contributed by atoms with van der Waals surface area (Å²) in [7, 11) is 0. The van der Waals surface area contributed by atoms with Crippen LogP contribution in [0.1, 0.15) is 0 Å². The van der Waals surface area contributed by atoms with Crippen molar-refractivity contribution in [1.29, 1.82) is 0 Å². The summed E-state index contributed by atoms with van der Waals surface area (Å²) in [6.07, 6.45) is 1.67. The van der Waals surface area contributed by atoms with Gasteiger partial charge in [0.05, 0.1) is 11.8 Å². The lowest BCUT2D eigenvalue weighted by Gasteiger charge is -2.09. The molecule has 0 unspecified atom stereocenters. The minimum absolute atomic E-state index is 0.699. The highest BCUT2D eigenvalue weighted by Gasteiger charge is 2.10. The first-order valence-corrected chi connectivity index (χ1v) is 6.68. The second kappa shape index (κ2) is 5.12. The van der Waals surface area contributed by atoms with Crippen molar-refractivity contribution in [2.45, 2.75) is 0 Å². The predicted octanol–water partition coefficient (Wildman–Crippen LogP) is 4.18. The molecule has 0 radical (unpaired) electrons. The van der Waals surface area contributed by atoms with E-state index in [1.165, 1.54) is 11.3 Å². The molecule has 19 heavy (non-hydrogen) atoms. The Morgan fingerprint density at radius 1 is 0.947 bits per heavy atom. The number of benzene rings is 2. The fourth-order valence-corrected chi connectivity index (χ4v) is 2.47. The fraction of sp³-hybridized carbons (Fsp3) is 0. The normalized spacial score (nSPS) is 10.3. The third-order valence-electron chi connectivity index (χ3n) is 2.61. The lowest BCUT2D eigenvalue weighted by atomic mass is 10.2. The van der Waals surface area contributed by atoms with E-state index < -0.39 is 0 Å². The number of hydrogen-bond donors (Lipinski definition) is 1. The van der Waals surface area contributed by atoms with Crippen LogP contribution in [0, 0.1) is 0 Å². The summed E-state index contributed by atoms with van der Waals surface area (Å²) >= 11 is 1.45. The molecule has 0 saturated heterocycles. The number of nitrogens with two attached hydrogens (primary N) is 1. The van der Waals surface area contributed by atoms with Crippen LogP contribution in [0.2, 0.25) is 0 Å². The summed E-state index contributed by atoms with van der Waals surface area (Å²) in [6, 6.07) is 17.5. The minimum Gasteiger partial charge on any atom is -0.457 e. The fourth-order valence-electron chi connectivity index (χ4n) is 1.76. The average Bonchev–Trinajstić information content (AvgIpc) is 2.87. The topological polar surface area (TPSA) is 48.1 Å². The van der Waals surface area contributed by atoms with Crippen LogP contribution in [-0.2, 0) is 0 Å². The van der Waals surface area contributed by atoms with E-state index in [1.54, 1.807) is 6.20 Å². The van der Waals surface area contributed by atoms with E-state index in [-0.39, 0.29) is 0 Å². The van der Waals surface area contributed by atoms with Crippen LogP contribution < -0.4 is 10.5 Å². The molecule has 1 heterocycles. The van der Waals surface area contributed by atoms with Crippen LogP contribution in [0.3, 0.4) is 0 Å². The zero-order chi connectivity index (χ0) is 13.1. The Bertz CT molecular complexity index is 679.